The van der Waals surface area contributed by atoms with Gasteiger partial charge < -0.3 is 20.5 Å². The van der Waals surface area contributed by atoms with Crippen molar-refractivity contribution < 1.29 is 24.2 Å². The Morgan fingerprint density at radius 2 is 1.54 bits per heavy atom. The summed E-state index contributed by atoms with van der Waals surface area (Å²) in [5, 5.41) is 14.8. The first-order valence-electron chi connectivity index (χ1n) is 12.2. The van der Waals surface area contributed by atoms with Crippen molar-refractivity contribution in [2.24, 2.45) is 11.8 Å². The summed E-state index contributed by atoms with van der Waals surface area (Å²) in [7, 11) is 0. The monoisotopic (exact) mass is 496 g/mol. The van der Waals surface area contributed by atoms with Gasteiger partial charge in [-0.1, -0.05) is 48.5 Å². The van der Waals surface area contributed by atoms with Gasteiger partial charge in [0.1, 0.15) is 6.61 Å². The van der Waals surface area contributed by atoms with Crippen LogP contribution < -0.4 is 10.6 Å². The molecule has 3 N–H and O–H groups in total. The van der Waals surface area contributed by atoms with Gasteiger partial charge in [0.2, 0.25) is 5.91 Å². The van der Waals surface area contributed by atoms with Gasteiger partial charge in [-0.15, -0.1) is 0 Å². The molecule has 35 heavy (non-hydrogen) atoms. The number of hydrogen-bond acceptors (Lipinski definition) is 5. The van der Waals surface area contributed by atoms with Crippen LogP contribution in [0.15, 0.2) is 48.5 Å². The first-order chi connectivity index (χ1) is 17.0. The van der Waals surface area contributed by atoms with E-state index in [-0.39, 0.29) is 24.3 Å². The second-order valence-corrected chi connectivity index (χ2v) is 10.3. The number of nitrogens with one attached hydrogen (secondary N) is 2. The van der Waals surface area contributed by atoms with E-state index in [2.05, 4.69) is 34.9 Å². The number of carboxylic acid groups (broad SMARTS) is 1. The van der Waals surface area contributed by atoms with Crippen molar-refractivity contribution in [2.45, 2.75) is 31.6 Å². The maximum atomic E-state index is 12.2. The van der Waals surface area contributed by atoms with Crippen molar-refractivity contribution in [1.29, 1.82) is 0 Å². The number of aliphatic carboxylic acids is 1. The summed E-state index contributed by atoms with van der Waals surface area (Å²) < 4.78 is 5.52. The molecule has 8 heteroatoms. The van der Waals surface area contributed by atoms with Gasteiger partial charge in [0.05, 0.1) is 11.7 Å². The van der Waals surface area contributed by atoms with Gasteiger partial charge in [-0.05, 0) is 53.9 Å². The zero-order valence-electron chi connectivity index (χ0n) is 19.7. The van der Waals surface area contributed by atoms with Crippen molar-refractivity contribution in [3.63, 3.8) is 0 Å². The van der Waals surface area contributed by atoms with Crippen LogP contribution in [-0.4, -0.2) is 54.3 Å². The molecule has 0 atom stereocenters. The molecule has 2 aliphatic rings. The van der Waals surface area contributed by atoms with Crippen LogP contribution in [0.25, 0.3) is 11.1 Å². The summed E-state index contributed by atoms with van der Waals surface area (Å²) in [6.45, 7) is 1.31. The second-order valence-electron chi connectivity index (χ2n) is 9.16. The molecule has 0 spiro atoms. The number of hydrogen-bond donors (Lipinski definition) is 3. The van der Waals surface area contributed by atoms with Gasteiger partial charge >= 0.3 is 12.1 Å². The Kier molecular flexibility index (Phi) is 8.69. The maximum Gasteiger partial charge on any atom is 0.407 e. The molecule has 186 valence electrons. The number of amides is 2. The molecule has 1 saturated carbocycles. The molecule has 0 bridgehead atoms. The number of benzene rings is 2. The van der Waals surface area contributed by atoms with E-state index in [1.807, 2.05) is 24.3 Å². The standard InChI is InChI=1S/C27H32N2O5S/c30-25(29-15-18-9-11-19(12-10-18)26(31)32)17-35-14-13-28-27(33)34-16-24-22-7-3-1-5-20(22)21-6-2-4-8-23(21)24/h1-8,18-19,24H,9-17H2,(H,28,33)(H,29,30)(H,31,32). The molecule has 4 rings (SSSR count). The van der Waals surface area contributed by atoms with Gasteiger partial charge in [-0.3, -0.25) is 9.59 Å². The summed E-state index contributed by atoms with van der Waals surface area (Å²) in [5.74, 6) is 0.354. The Morgan fingerprint density at radius 1 is 0.914 bits per heavy atom. The highest BCUT2D eigenvalue weighted by Gasteiger charge is 2.29. The lowest BCUT2D eigenvalue weighted by Gasteiger charge is -2.26. The SMILES string of the molecule is O=C(CSCCNC(=O)OCC1c2ccccc2-c2ccccc21)NCC1CCC(C(=O)O)CC1. The summed E-state index contributed by atoms with van der Waals surface area (Å²) in [6, 6.07) is 16.4. The zero-order valence-corrected chi connectivity index (χ0v) is 20.5. The fourth-order valence-corrected chi connectivity index (χ4v) is 5.64. The molecule has 0 heterocycles. The fraction of sp³-hybridized carbons (Fsp3) is 0.444. The van der Waals surface area contributed by atoms with Gasteiger partial charge in [0, 0.05) is 24.8 Å². The van der Waals surface area contributed by atoms with E-state index in [9.17, 15) is 14.4 Å². The number of fused-ring (bicyclic) bond motifs is 3. The Bertz CT molecular complexity index is 1010. The number of alkyl carbamates (subject to hydrolysis) is 1. The van der Waals surface area contributed by atoms with Crippen LogP contribution in [0.3, 0.4) is 0 Å². The molecule has 0 radical (unpaired) electrons. The third-order valence-electron chi connectivity index (χ3n) is 6.88. The predicted octanol–water partition coefficient (Wildman–Crippen LogP) is 4.27. The Labute approximate surface area is 210 Å². The Morgan fingerprint density at radius 3 is 2.17 bits per heavy atom. The average Bonchev–Trinajstić information content (AvgIpc) is 3.20. The molecule has 2 amide bonds. The third-order valence-corrected chi connectivity index (χ3v) is 7.84. The minimum Gasteiger partial charge on any atom is -0.481 e. The normalized spacial score (nSPS) is 18.9. The quantitative estimate of drug-likeness (QED) is 0.425. The minimum absolute atomic E-state index is 0.0310. The Hall–Kier alpha value is -3.00. The van der Waals surface area contributed by atoms with Crippen LogP contribution in [-0.2, 0) is 14.3 Å². The molecule has 1 fully saturated rings. The van der Waals surface area contributed by atoms with Gasteiger partial charge in [0.15, 0.2) is 0 Å². The van der Waals surface area contributed by atoms with E-state index >= 15 is 0 Å². The predicted molar refractivity (Wildman–Crippen MR) is 136 cm³/mol. The summed E-state index contributed by atoms with van der Waals surface area (Å²) in [6.07, 6.45) is 2.61. The molecule has 2 aliphatic carbocycles. The number of ether oxygens (including phenoxy) is 1. The molecule has 0 saturated heterocycles. The minimum atomic E-state index is -0.712. The molecule has 2 aromatic rings. The van der Waals surface area contributed by atoms with Crippen molar-refractivity contribution in [1.82, 2.24) is 10.6 Å². The molecular formula is C27H32N2O5S. The Balaban J connectivity index is 1.09. The summed E-state index contributed by atoms with van der Waals surface area (Å²) in [5.41, 5.74) is 4.75. The topological polar surface area (TPSA) is 105 Å². The first-order valence-corrected chi connectivity index (χ1v) is 13.3. The summed E-state index contributed by atoms with van der Waals surface area (Å²) in [4.78, 5) is 35.3. The third kappa shape index (κ3) is 6.57. The lowest BCUT2D eigenvalue weighted by Crippen LogP contribution is -2.33. The first kappa shape index (κ1) is 25.1. The highest BCUT2D eigenvalue weighted by atomic mass is 32.2. The molecular weight excluding hydrogens is 464 g/mol. The molecule has 0 aromatic heterocycles. The van der Waals surface area contributed by atoms with Crippen molar-refractivity contribution in [3.8, 4) is 11.1 Å². The van der Waals surface area contributed by atoms with Crippen LogP contribution in [0.1, 0.15) is 42.7 Å². The van der Waals surface area contributed by atoms with E-state index in [0.29, 0.717) is 43.4 Å². The lowest BCUT2D eigenvalue weighted by atomic mass is 9.82. The van der Waals surface area contributed by atoms with Crippen molar-refractivity contribution >= 4 is 29.7 Å². The van der Waals surface area contributed by atoms with E-state index in [1.165, 1.54) is 34.0 Å². The number of rotatable bonds is 10. The van der Waals surface area contributed by atoms with E-state index < -0.39 is 12.1 Å². The molecule has 0 unspecified atom stereocenters. The highest BCUT2D eigenvalue weighted by molar-refractivity contribution is 7.99. The number of carboxylic acids is 1. The average molecular weight is 497 g/mol. The largest absolute Gasteiger partial charge is 0.481 e. The smallest absolute Gasteiger partial charge is 0.407 e. The van der Waals surface area contributed by atoms with Gasteiger partial charge in [0.25, 0.3) is 0 Å². The number of carbonyl (C=O) groups excluding carboxylic acids is 2. The van der Waals surface area contributed by atoms with Crippen LogP contribution in [0.4, 0.5) is 4.79 Å². The van der Waals surface area contributed by atoms with Crippen LogP contribution in [0.2, 0.25) is 0 Å². The van der Waals surface area contributed by atoms with E-state index in [4.69, 9.17) is 9.84 Å². The molecule has 7 nitrogen and oxygen atoms in total. The van der Waals surface area contributed by atoms with Crippen LogP contribution in [0, 0.1) is 11.8 Å². The van der Waals surface area contributed by atoms with Crippen molar-refractivity contribution in [2.75, 3.05) is 31.2 Å². The summed E-state index contributed by atoms with van der Waals surface area (Å²) >= 11 is 1.46. The molecule has 0 aliphatic heterocycles. The highest BCUT2D eigenvalue weighted by Crippen LogP contribution is 2.44. The van der Waals surface area contributed by atoms with Crippen LogP contribution >= 0.6 is 11.8 Å². The molecule has 2 aromatic carbocycles. The van der Waals surface area contributed by atoms with E-state index in [1.54, 1.807) is 0 Å². The fourth-order valence-electron chi connectivity index (χ4n) is 4.96. The maximum absolute atomic E-state index is 12.2. The van der Waals surface area contributed by atoms with Crippen molar-refractivity contribution in [3.05, 3.63) is 59.7 Å². The number of carbonyl (C=O) groups is 3. The van der Waals surface area contributed by atoms with E-state index in [0.717, 1.165) is 12.8 Å². The lowest BCUT2D eigenvalue weighted by molar-refractivity contribution is -0.143. The second kappa shape index (κ2) is 12.1. The number of thioether (sulfide) groups is 1. The van der Waals surface area contributed by atoms with Gasteiger partial charge in [-0.2, -0.15) is 11.8 Å². The van der Waals surface area contributed by atoms with Gasteiger partial charge in [-0.25, -0.2) is 4.79 Å². The zero-order chi connectivity index (χ0) is 24.6. The van der Waals surface area contributed by atoms with Crippen LogP contribution in [0.5, 0.6) is 0 Å².